The van der Waals surface area contributed by atoms with Crippen molar-refractivity contribution >= 4 is 49.3 Å². The highest BCUT2D eigenvalue weighted by molar-refractivity contribution is 6.11. The van der Waals surface area contributed by atoms with Gasteiger partial charge in [0.2, 0.25) is 5.69 Å². The van der Waals surface area contributed by atoms with E-state index in [4.69, 9.17) is 6.57 Å². The van der Waals surface area contributed by atoms with Gasteiger partial charge in [-0.1, -0.05) is 103 Å². The molecule has 0 aliphatic carbocycles. The number of rotatable bonds is 3. The lowest BCUT2D eigenvalue weighted by atomic mass is 9.96. The molecular formula is C38H22N4. The number of para-hydroxylation sites is 5. The molecule has 0 aliphatic rings. The van der Waals surface area contributed by atoms with Gasteiger partial charge in [0.05, 0.1) is 45.6 Å². The summed E-state index contributed by atoms with van der Waals surface area (Å²) >= 11 is 0. The zero-order valence-corrected chi connectivity index (χ0v) is 22.5. The number of nitrogens with zero attached hydrogens (tertiary/aromatic N) is 4. The minimum absolute atomic E-state index is 0.533. The Morgan fingerprint density at radius 2 is 0.952 bits per heavy atom. The number of nitriles is 1. The van der Waals surface area contributed by atoms with Crippen LogP contribution in [-0.2, 0) is 0 Å². The maximum absolute atomic E-state index is 10.8. The Morgan fingerprint density at radius 3 is 1.45 bits per heavy atom. The molecule has 0 fully saturated rings. The number of hydrogen-bond acceptors (Lipinski definition) is 1. The van der Waals surface area contributed by atoms with Crippen LogP contribution in [0.15, 0.2) is 133 Å². The van der Waals surface area contributed by atoms with Gasteiger partial charge in [-0.15, -0.1) is 0 Å². The second-order valence-electron chi connectivity index (χ2n) is 10.3. The lowest BCUT2D eigenvalue weighted by molar-refractivity contribution is 1.16. The Hall–Kier alpha value is -6.10. The van der Waals surface area contributed by atoms with Crippen molar-refractivity contribution in [1.82, 2.24) is 9.13 Å². The normalized spacial score (nSPS) is 11.3. The van der Waals surface area contributed by atoms with E-state index < -0.39 is 0 Å². The van der Waals surface area contributed by atoms with Crippen LogP contribution in [0.4, 0.5) is 5.69 Å². The first kappa shape index (κ1) is 23.8. The molecule has 2 heterocycles. The molecule has 0 amide bonds. The van der Waals surface area contributed by atoms with Crippen LogP contribution in [0.2, 0.25) is 0 Å². The number of hydrogen-bond donors (Lipinski definition) is 0. The summed E-state index contributed by atoms with van der Waals surface area (Å²) in [4.78, 5) is 3.98. The Balaban J connectivity index is 1.49. The SMILES string of the molecule is [C-]#[N+]c1cccc(-c2cccc(-n3c4ccccc4c4ccccc43)c2C#N)c1-n1c2ccccc2c2ccccc21. The number of benzene rings is 6. The zero-order valence-electron chi connectivity index (χ0n) is 22.5. The number of aromatic nitrogens is 2. The highest BCUT2D eigenvalue weighted by Gasteiger charge is 2.22. The summed E-state index contributed by atoms with van der Waals surface area (Å²) in [5.41, 5.74) is 8.46. The third-order valence-corrected chi connectivity index (χ3v) is 8.20. The summed E-state index contributed by atoms with van der Waals surface area (Å²) in [5, 5.41) is 15.3. The van der Waals surface area contributed by atoms with E-state index in [-0.39, 0.29) is 0 Å². The third kappa shape index (κ3) is 3.27. The van der Waals surface area contributed by atoms with E-state index in [1.165, 1.54) is 0 Å². The van der Waals surface area contributed by atoms with Gasteiger partial charge in [0.15, 0.2) is 0 Å². The second kappa shape index (κ2) is 9.24. The van der Waals surface area contributed by atoms with Crippen LogP contribution < -0.4 is 0 Å². The Labute approximate surface area is 242 Å². The van der Waals surface area contributed by atoms with Crippen LogP contribution in [0, 0.1) is 17.9 Å². The van der Waals surface area contributed by atoms with Crippen LogP contribution in [0.5, 0.6) is 0 Å². The zero-order chi connectivity index (χ0) is 28.2. The van der Waals surface area contributed by atoms with Gasteiger partial charge >= 0.3 is 0 Å². The lowest BCUT2D eigenvalue weighted by Crippen LogP contribution is -2.02. The third-order valence-electron chi connectivity index (χ3n) is 8.20. The Morgan fingerprint density at radius 1 is 0.500 bits per heavy atom. The van der Waals surface area contributed by atoms with E-state index in [1.807, 2.05) is 72.8 Å². The molecule has 8 aromatic rings. The summed E-state index contributed by atoms with van der Waals surface area (Å²) in [6.45, 7) is 8.14. The predicted octanol–water partition coefficient (Wildman–Crippen LogP) is 9.97. The van der Waals surface area contributed by atoms with Gasteiger partial charge < -0.3 is 9.13 Å². The molecule has 194 valence electrons. The van der Waals surface area contributed by atoms with Crippen molar-refractivity contribution < 1.29 is 0 Å². The summed E-state index contributed by atoms with van der Waals surface area (Å²) in [5.74, 6) is 0. The van der Waals surface area contributed by atoms with Gasteiger partial charge in [0, 0.05) is 27.1 Å². The van der Waals surface area contributed by atoms with Crippen LogP contribution in [0.3, 0.4) is 0 Å². The molecule has 42 heavy (non-hydrogen) atoms. The van der Waals surface area contributed by atoms with E-state index in [0.29, 0.717) is 11.3 Å². The van der Waals surface area contributed by atoms with Gasteiger partial charge in [-0.3, -0.25) is 0 Å². The summed E-state index contributed by atoms with van der Waals surface area (Å²) in [6, 6.07) is 47.6. The first-order valence-corrected chi connectivity index (χ1v) is 13.8. The average Bonchev–Trinajstić information content (AvgIpc) is 3.57. The standard InChI is InChI=1S/C38H22N4/c1-40-32-18-10-17-30(38(32)42-35-21-8-4-14-28(35)29-15-5-9-22-36(29)42)25-16-11-23-37(31(25)24-39)41-33-19-6-2-12-26(33)27-13-3-7-20-34(27)41/h2-23H. The highest BCUT2D eigenvalue weighted by Crippen LogP contribution is 2.43. The van der Waals surface area contributed by atoms with E-state index in [9.17, 15) is 5.26 Å². The maximum atomic E-state index is 10.8. The molecule has 0 saturated heterocycles. The summed E-state index contributed by atoms with van der Waals surface area (Å²) in [6.07, 6.45) is 0. The highest BCUT2D eigenvalue weighted by atomic mass is 15.0. The molecular weight excluding hydrogens is 512 g/mol. The molecule has 2 aromatic heterocycles. The van der Waals surface area contributed by atoms with Gasteiger partial charge in [0.25, 0.3) is 0 Å². The lowest BCUT2D eigenvalue weighted by Gasteiger charge is -2.18. The molecule has 0 saturated carbocycles. The fourth-order valence-electron chi connectivity index (χ4n) is 6.49. The minimum Gasteiger partial charge on any atom is -0.318 e. The van der Waals surface area contributed by atoms with Crippen LogP contribution in [-0.4, -0.2) is 9.13 Å². The smallest absolute Gasteiger partial charge is 0.211 e. The predicted molar refractivity (Wildman–Crippen MR) is 172 cm³/mol. The maximum Gasteiger partial charge on any atom is 0.211 e. The fourth-order valence-corrected chi connectivity index (χ4v) is 6.49. The minimum atomic E-state index is 0.533. The first-order chi connectivity index (χ1) is 20.8. The van der Waals surface area contributed by atoms with Crippen molar-refractivity contribution in [2.24, 2.45) is 0 Å². The van der Waals surface area contributed by atoms with Crippen LogP contribution in [0.25, 0.3) is 71.0 Å². The van der Waals surface area contributed by atoms with Gasteiger partial charge in [0.1, 0.15) is 6.07 Å². The molecule has 0 bridgehead atoms. The molecule has 0 aliphatic heterocycles. The van der Waals surface area contributed by atoms with Gasteiger partial charge in [-0.2, -0.15) is 5.26 Å². The van der Waals surface area contributed by atoms with E-state index >= 15 is 0 Å². The van der Waals surface area contributed by atoms with Crippen molar-refractivity contribution in [1.29, 1.82) is 5.26 Å². The Kier molecular flexibility index (Phi) is 5.22. The molecule has 4 heteroatoms. The van der Waals surface area contributed by atoms with E-state index in [2.05, 4.69) is 80.7 Å². The van der Waals surface area contributed by atoms with E-state index in [0.717, 1.165) is 66.1 Å². The van der Waals surface area contributed by atoms with Crippen LogP contribution in [0.1, 0.15) is 5.56 Å². The molecule has 0 radical (unpaired) electrons. The van der Waals surface area contributed by atoms with Crippen LogP contribution >= 0.6 is 0 Å². The van der Waals surface area contributed by atoms with Crippen molar-refractivity contribution in [3.05, 3.63) is 150 Å². The summed E-state index contributed by atoms with van der Waals surface area (Å²) < 4.78 is 4.37. The second-order valence-corrected chi connectivity index (χ2v) is 10.3. The van der Waals surface area contributed by atoms with Crippen molar-refractivity contribution in [2.75, 3.05) is 0 Å². The molecule has 0 atom stereocenters. The molecule has 6 aromatic carbocycles. The molecule has 0 N–H and O–H groups in total. The first-order valence-electron chi connectivity index (χ1n) is 13.8. The fraction of sp³-hybridized carbons (Fsp3) is 0. The van der Waals surface area contributed by atoms with Crippen molar-refractivity contribution in [2.45, 2.75) is 0 Å². The summed E-state index contributed by atoms with van der Waals surface area (Å²) in [7, 11) is 0. The largest absolute Gasteiger partial charge is 0.318 e. The van der Waals surface area contributed by atoms with Crippen molar-refractivity contribution in [3.63, 3.8) is 0 Å². The molecule has 4 nitrogen and oxygen atoms in total. The average molecular weight is 535 g/mol. The molecule has 0 unspecified atom stereocenters. The molecule has 0 spiro atoms. The van der Waals surface area contributed by atoms with E-state index in [1.54, 1.807) is 0 Å². The van der Waals surface area contributed by atoms with Gasteiger partial charge in [-0.05, 0) is 35.9 Å². The molecule has 8 rings (SSSR count). The quantitative estimate of drug-likeness (QED) is 0.208. The topological polar surface area (TPSA) is 38.0 Å². The van der Waals surface area contributed by atoms with Crippen molar-refractivity contribution in [3.8, 4) is 28.6 Å². The Bertz CT molecular complexity index is 2340. The monoisotopic (exact) mass is 534 g/mol. The van der Waals surface area contributed by atoms with Gasteiger partial charge in [-0.25, -0.2) is 4.85 Å². The number of fused-ring (bicyclic) bond motifs is 6.